The highest BCUT2D eigenvalue weighted by atomic mass is 32.2. The standard InChI is InChI=1S/C18H28N4O4S/c1-20(2)27(24,25)22-9-3-4-15(14-22)18(23)19-16-5-7-17(8-6-16)21-10-12-26-13-11-21/h5-8,15H,3-4,9-14H2,1-2H3,(H,19,23)/t15-/m1/s1. The van der Waals surface area contributed by atoms with E-state index >= 15 is 0 Å². The Labute approximate surface area is 161 Å². The molecule has 3 rings (SSSR count). The number of carbonyl (C=O) groups is 1. The topological polar surface area (TPSA) is 82.2 Å². The molecule has 1 atom stereocenters. The summed E-state index contributed by atoms with van der Waals surface area (Å²) in [5, 5.41) is 2.93. The molecule has 8 nitrogen and oxygen atoms in total. The number of amides is 1. The summed E-state index contributed by atoms with van der Waals surface area (Å²) in [4.78, 5) is 14.9. The van der Waals surface area contributed by atoms with E-state index in [9.17, 15) is 13.2 Å². The summed E-state index contributed by atoms with van der Waals surface area (Å²) in [5.41, 5.74) is 1.84. The quantitative estimate of drug-likeness (QED) is 0.802. The second kappa shape index (κ2) is 8.55. The fourth-order valence-corrected chi connectivity index (χ4v) is 4.61. The number of benzene rings is 1. The number of carbonyl (C=O) groups excluding carboxylic acids is 1. The smallest absolute Gasteiger partial charge is 0.281 e. The van der Waals surface area contributed by atoms with Gasteiger partial charge in [0.2, 0.25) is 5.91 Å². The van der Waals surface area contributed by atoms with Crippen LogP contribution >= 0.6 is 0 Å². The molecule has 2 fully saturated rings. The van der Waals surface area contributed by atoms with Crippen LogP contribution in [0.4, 0.5) is 11.4 Å². The van der Waals surface area contributed by atoms with Crippen molar-refractivity contribution in [2.45, 2.75) is 12.8 Å². The van der Waals surface area contributed by atoms with E-state index in [1.165, 1.54) is 22.7 Å². The van der Waals surface area contributed by atoms with Gasteiger partial charge >= 0.3 is 0 Å². The molecule has 0 aromatic heterocycles. The summed E-state index contributed by atoms with van der Waals surface area (Å²) in [6.07, 6.45) is 1.37. The average molecular weight is 397 g/mol. The Morgan fingerprint density at radius 2 is 1.81 bits per heavy atom. The van der Waals surface area contributed by atoms with Crippen molar-refractivity contribution in [2.75, 3.05) is 63.7 Å². The van der Waals surface area contributed by atoms with Gasteiger partial charge in [-0.05, 0) is 37.1 Å². The van der Waals surface area contributed by atoms with Gasteiger partial charge in [-0.3, -0.25) is 4.79 Å². The molecule has 2 saturated heterocycles. The van der Waals surface area contributed by atoms with E-state index in [-0.39, 0.29) is 18.4 Å². The SMILES string of the molecule is CN(C)S(=O)(=O)N1CCC[C@@H](C(=O)Nc2ccc(N3CCOCC3)cc2)C1. The number of nitrogens with zero attached hydrogens (tertiary/aromatic N) is 3. The molecule has 1 aromatic carbocycles. The van der Waals surface area contributed by atoms with E-state index in [0.717, 1.165) is 37.7 Å². The lowest BCUT2D eigenvalue weighted by Crippen LogP contribution is -2.47. The van der Waals surface area contributed by atoms with Crippen molar-refractivity contribution in [1.82, 2.24) is 8.61 Å². The number of hydrogen-bond donors (Lipinski definition) is 1. The van der Waals surface area contributed by atoms with Crippen molar-refractivity contribution in [3.05, 3.63) is 24.3 Å². The fourth-order valence-electron chi connectivity index (χ4n) is 3.42. The van der Waals surface area contributed by atoms with Crippen LogP contribution in [-0.4, -0.2) is 76.4 Å². The summed E-state index contributed by atoms with van der Waals surface area (Å²) >= 11 is 0. The summed E-state index contributed by atoms with van der Waals surface area (Å²) in [6, 6.07) is 7.76. The summed E-state index contributed by atoms with van der Waals surface area (Å²) in [7, 11) is -0.468. The van der Waals surface area contributed by atoms with Crippen molar-refractivity contribution in [3.8, 4) is 0 Å². The van der Waals surface area contributed by atoms with Crippen LogP contribution < -0.4 is 10.2 Å². The third kappa shape index (κ3) is 4.78. The van der Waals surface area contributed by atoms with Crippen molar-refractivity contribution < 1.29 is 17.9 Å². The summed E-state index contributed by atoms with van der Waals surface area (Å²) < 4.78 is 32.6. The zero-order valence-corrected chi connectivity index (χ0v) is 16.7. The molecule has 1 aromatic rings. The third-order valence-electron chi connectivity index (χ3n) is 5.05. The van der Waals surface area contributed by atoms with E-state index in [2.05, 4.69) is 10.2 Å². The second-order valence-electron chi connectivity index (χ2n) is 7.12. The first kappa shape index (κ1) is 20.1. The molecule has 1 N–H and O–H groups in total. The predicted molar refractivity (Wildman–Crippen MR) is 105 cm³/mol. The number of nitrogens with one attached hydrogen (secondary N) is 1. The van der Waals surface area contributed by atoms with Crippen molar-refractivity contribution in [2.24, 2.45) is 5.92 Å². The molecule has 0 bridgehead atoms. The minimum Gasteiger partial charge on any atom is -0.378 e. The van der Waals surface area contributed by atoms with Crippen LogP contribution in [0.25, 0.3) is 0 Å². The first-order chi connectivity index (χ1) is 12.9. The molecule has 0 spiro atoms. The molecule has 0 saturated carbocycles. The Hall–Kier alpha value is -1.68. The Kier molecular flexibility index (Phi) is 6.36. The minimum absolute atomic E-state index is 0.132. The number of ether oxygens (including phenoxy) is 1. The number of anilines is 2. The van der Waals surface area contributed by atoms with Gasteiger partial charge in [0.1, 0.15) is 0 Å². The van der Waals surface area contributed by atoms with E-state index in [1.54, 1.807) is 0 Å². The van der Waals surface area contributed by atoms with Crippen molar-refractivity contribution in [3.63, 3.8) is 0 Å². The second-order valence-corrected chi connectivity index (χ2v) is 9.27. The molecule has 2 aliphatic rings. The van der Waals surface area contributed by atoms with Crippen LogP contribution in [-0.2, 0) is 19.7 Å². The Morgan fingerprint density at radius 3 is 2.44 bits per heavy atom. The van der Waals surface area contributed by atoms with Crippen molar-refractivity contribution >= 4 is 27.5 Å². The highest BCUT2D eigenvalue weighted by Gasteiger charge is 2.33. The molecule has 2 heterocycles. The highest BCUT2D eigenvalue weighted by Crippen LogP contribution is 2.23. The van der Waals surface area contributed by atoms with Crippen LogP contribution in [0.15, 0.2) is 24.3 Å². The fraction of sp³-hybridized carbons (Fsp3) is 0.611. The molecule has 1 amide bonds. The van der Waals surface area contributed by atoms with Gasteiger partial charge in [0, 0.05) is 51.6 Å². The summed E-state index contributed by atoms with van der Waals surface area (Å²) in [5.74, 6) is -0.472. The largest absolute Gasteiger partial charge is 0.378 e. The molecule has 27 heavy (non-hydrogen) atoms. The summed E-state index contributed by atoms with van der Waals surface area (Å²) in [6.45, 7) is 3.86. The lowest BCUT2D eigenvalue weighted by atomic mass is 9.98. The van der Waals surface area contributed by atoms with E-state index in [1.807, 2.05) is 24.3 Å². The monoisotopic (exact) mass is 396 g/mol. The molecule has 2 aliphatic heterocycles. The molecule has 0 unspecified atom stereocenters. The maximum atomic E-state index is 12.6. The van der Waals surface area contributed by atoms with Gasteiger partial charge in [-0.15, -0.1) is 0 Å². The zero-order valence-electron chi connectivity index (χ0n) is 15.9. The number of piperidine rings is 1. The molecule has 0 aliphatic carbocycles. The number of hydrogen-bond acceptors (Lipinski definition) is 5. The van der Waals surface area contributed by atoms with E-state index < -0.39 is 10.2 Å². The van der Waals surface area contributed by atoms with Crippen molar-refractivity contribution in [1.29, 1.82) is 0 Å². The Balaban J connectivity index is 1.59. The molecule has 9 heteroatoms. The molecule has 150 valence electrons. The molecular formula is C18H28N4O4S. The van der Waals surface area contributed by atoms with Crippen LogP contribution in [0.3, 0.4) is 0 Å². The van der Waals surface area contributed by atoms with Crippen LogP contribution in [0.1, 0.15) is 12.8 Å². The lowest BCUT2D eigenvalue weighted by molar-refractivity contribution is -0.120. The Bertz CT molecular complexity index is 745. The Morgan fingerprint density at radius 1 is 1.15 bits per heavy atom. The first-order valence-electron chi connectivity index (χ1n) is 9.29. The van der Waals surface area contributed by atoms with Gasteiger partial charge in [0.15, 0.2) is 0 Å². The van der Waals surface area contributed by atoms with Gasteiger partial charge < -0.3 is 15.0 Å². The number of rotatable bonds is 5. The predicted octanol–water partition coefficient (Wildman–Crippen LogP) is 0.980. The van der Waals surface area contributed by atoms with Gasteiger partial charge in [0.25, 0.3) is 10.2 Å². The normalized spacial score (nSPS) is 22.0. The molecular weight excluding hydrogens is 368 g/mol. The van der Waals surface area contributed by atoms with Gasteiger partial charge in [-0.1, -0.05) is 0 Å². The van der Waals surface area contributed by atoms with Gasteiger partial charge in [-0.25, -0.2) is 0 Å². The van der Waals surface area contributed by atoms with Gasteiger partial charge in [-0.2, -0.15) is 17.0 Å². The van der Waals surface area contributed by atoms with Gasteiger partial charge in [0.05, 0.1) is 19.1 Å². The van der Waals surface area contributed by atoms with E-state index in [4.69, 9.17) is 4.74 Å². The maximum Gasteiger partial charge on any atom is 0.281 e. The number of morpholine rings is 1. The van der Waals surface area contributed by atoms with Crippen LogP contribution in [0.5, 0.6) is 0 Å². The zero-order chi connectivity index (χ0) is 19.4. The average Bonchev–Trinajstić information content (AvgIpc) is 2.69. The third-order valence-corrected chi connectivity index (χ3v) is 6.96. The first-order valence-corrected chi connectivity index (χ1v) is 10.7. The van der Waals surface area contributed by atoms with Crippen LogP contribution in [0, 0.1) is 5.92 Å². The minimum atomic E-state index is -3.49. The highest BCUT2D eigenvalue weighted by molar-refractivity contribution is 7.86. The van der Waals surface area contributed by atoms with E-state index in [0.29, 0.717) is 19.4 Å². The maximum absolute atomic E-state index is 12.6. The molecule has 0 radical (unpaired) electrons. The van der Waals surface area contributed by atoms with Crippen LogP contribution in [0.2, 0.25) is 0 Å². The lowest BCUT2D eigenvalue weighted by Gasteiger charge is -2.32.